The normalized spacial score (nSPS) is 11.0. The average molecular weight is 419 g/mol. The van der Waals surface area contributed by atoms with Gasteiger partial charge < -0.3 is 19.2 Å². The van der Waals surface area contributed by atoms with Crippen molar-refractivity contribution in [2.75, 3.05) is 21.3 Å². The van der Waals surface area contributed by atoms with Crippen molar-refractivity contribution in [3.8, 4) is 40.0 Å². The smallest absolute Gasteiger partial charge is 0.203 e. The van der Waals surface area contributed by atoms with Crippen LogP contribution >= 0.6 is 23.2 Å². The van der Waals surface area contributed by atoms with Crippen molar-refractivity contribution in [2.45, 2.75) is 0 Å². The summed E-state index contributed by atoms with van der Waals surface area (Å²) >= 11 is 12.1. The molecule has 0 spiro atoms. The van der Waals surface area contributed by atoms with Crippen LogP contribution in [-0.4, -0.2) is 41.5 Å². The van der Waals surface area contributed by atoms with E-state index >= 15 is 0 Å². The van der Waals surface area contributed by atoms with Crippen LogP contribution in [0.5, 0.6) is 17.2 Å². The van der Waals surface area contributed by atoms with Crippen LogP contribution in [0.3, 0.4) is 0 Å². The largest absolute Gasteiger partial charge is 0.493 e. The van der Waals surface area contributed by atoms with E-state index in [0.29, 0.717) is 50.0 Å². The highest BCUT2D eigenvalue weighted by molar-refractivity contribution is 6.42. The number of aromatic nitrogens is 4. The molecule has 2 heterocycles. The lowest BCUT2D eigenvalue weighted by Crippen LogP contribution is -1.95. The molecule has 2 aromatic heterocycles. The standard InChI is InChI=1S/C19H16Cl2N4O3/c1-26-16-4-9(5-17(27-2)18(16)28-3)12-8-15(25-24-12)19-22-13-6-10(20)11(21)7-14(13)23-19/h4-8H,1-3H3,(H,22,23)(H,24,25). The second kappa shape index (κ2) is 7.26. The van der Waals surface area contributed by atoms with E-state index in [4.69, 9.17) is 37.4 Å². The number of ether oxygens (including phenoxy) is 3. The number of benzene rings is 2. The maximum atomic E-state index is 6.08. The van der Waals surface area contributed by atoms with Crippen molar-refractivity contribution in [2.24, 2.45) is 0 Å². The molecule has 144 valence electrons. The summed E-state index contributed by atoms with van der Waals surface area (Å²) < 4.78 is 16.2. The Morgan fingerprint density at radius 3 is 2.18 bits per heavy atom. The average Bonchev–Trinajstić information content (AvgIpc) is 3.34. The summed E-state index contributed by atoms with van der Waals surface area (Å²) in [4.78, 5) is 7.76. The van der Waals surface area contributed by atoms with Crippen molar-refractivity contribution >= 4 is 34.2 Å². The van der Waals surface area contributed by atoms with Crippen LogP contribution in [0.1, 0.15) is 0 Å². The lowest BCUT2D eigenvalue weighted by Gasteiger charge is -2.13. The second-order valence-corrected chi connectivity index (χ2v) is 6.76. The predicted octanol–water partition coefficient (Wildman–Crippen LogP) is 4.95. The molecule has 0 saturated carbocycles. The van der Waals surface area contributed by atoms with Gasteiger partial charge in [0.15, 0.2) is 17.3 Å². The van der Waals surface area contributed by atoms with Crippen molar-refractivity contribution in [1.82, 2.24) is 20.2 Å². The molecule has 0 aliphatic heterocycles. The van der Waals surface area contributed by atoms with E-state index in [0.717, 1.165) is 11.1 Å². The van der Waals surface area contributed by atoms with Gasteiger partial charge in [-0.25, -0.2) is 4.98 Å². The van der Waals surface area contributed by atoms with E-state index in [2.05, 4.69) is 20.2 Å². The first kappa shape index (κ1) is 18.5. The van der Waals surface area contributed by atoms with E-state index < -0.39 is 0 Å². The molecule has 0 unspecified atom stereocenters. The first-order valence-electron chi connectivity index (χ1n) is 8.25. The zero-order valence-corrected chi connectivity index (χ0v) is 16.8. The van der Waals surface area contributed by atoms with E-state index in [9.17, 15) is 0 Å². The first-order valence-corrected chi connectivity index (χ1v) is 9.00. The van der Waals surface area contributed by atoms with Gasteiger partial charge in [-0.2, -0.15) is 5.10 Å². The summed E-state index contributed by atoms with van der Waals surface area (Å²) in [6, 6.07) is 9.00. The van der Waals surface area contributed by atoms with E-state index in [1.807, 2.05) is 18.2 Å². The molecule has 2 N–H and O–H groups in total. The molecule has 4 aromatic rings. The van der Waals surface area contributed by atoms with Crippen LogP contribution in [0.2, 0.25) is 10.0 Å². The number of hydrogen-bond donors (Lipinski definition) is 2. The van der Waals surface area contributed by atoms with Gasteiger partial charge >= 0.3 is 0 Å². The van der Waals surface area contributed by atoms with Gasteiger partial charge in [0.1, 0.15) is 5.69 Å². The molecule has 2 aromatic carbocycles. The van der Waals surface area contributed by atoms with Gasteiger partial charge in [0.25, 0.3) is 0 Å². The van der Waals surface area contributed by atoms with Gasteiger partial charge in [0.2, 0.25) is 5.75 Å². The molecular weight excluding hydrogens is 403 g/mol. The molecule has 7 nitrogen and oxygen atoms in total. The number of nitrogens with one attached hydrogen (secondary N) is 2. The number of aromatic amines is 2. The maximum absolute atomic E-state index is 6.08. The highest BCUT2D eigenvalue weighted by Gasteiger charge is 2.17. The number of fused-ring (bicyclic) bond motifs is 1. The van der Waals surface area contributed by atoms with Crippen LogP contribution in [-0.2, 0) is 0 Å². The third kappa shape index (κ3) is 3.12. The molecule has 0 saturated heterocycles. The minimum atomic E-state index is 0.454. The summed E-state index contributed by atoms with van der Waals surface area (Å²) in [6.07, 6.45) is 0. The Hall–Kier alpha value is -2.90. The molecule has 0 fully saturated rings. The zero-order valence-electron chi connectivity index (χ0n) is 15.3. The van der Waals surface area contributed by atoms with Gasteiger partial charge in [0.05, 0.1) is 48.1 Å². The van der Waals surface area contributed by atoms with Crippen LogP contribution < -0.4 is 14.2 Å². The molecule has 4 rings (SSSR count). The lowest BCUT2D eigenvalue weighted by molar-refractivity contribution is 0.324. The fourth-order valence-corrected chi connectivity index (χ4v) is 3.27. The lowest BCUT2D eigenvalue weighted by atomic mass is 10.1. The molecular formula is C19H16Cl2N4O3. The summed E-state index contributed by atoms with van der Waals surface area (Å²) in [5.74, 6) is 2.25. The topological polar surface area (TPSA) is 85.1 Å². The number of methoxy groups -OCH3 is 3. The molecule has 0 radical (unpaired) electrons. The number of rotatable bonds is 5. The molecule has 0 bridgehead atoms. The van der Waals surface area contributed by atoms with Crippen LogP contribution in [0.25, 0.3) is 33.8 Å². The number of H-pyrrole nitrogens is 2. The Kier molecular flexibility index (Phi) is 4.78. The fraction of sp³-hybridized carbons (Fsp3) is 0.158. The van der Waals surface area contributed by atoms with Crippen molar-refractivity contribution < 1.29 is 14.2 Å². The molecule has 0 aliphatic rings. The molecule has 9 heteroatoms. The third-order valence-corrected chi connectivity index (χ3v) is 5.04. The maximum Gasteiger partial charge on any atom is 0.203 e. The summed E-state index contributed by atoms with van der Waals surface area (Å²) in [6.45, 7) is 0. The summed E-state index contributed by atoms with van der Waals surface area (Å²) in [5.41, 5.74) is 3.72. The number of halogens is 2. The monoisotopic (exact) mass is 418 g/mol. The summed E-state index contributed by atoms with van der Waals surface area (Å²) in [7, 11) is 4.70. The SMILES string of the molecule is COc1cc(-c2cc(-c3nc4cc(Cl)c(Cl)cc4[nH]3)[nH]n2)cc(OC)c1OC. The zero-order chi connectivity index (χ0) is 19.8. The molecule has 0 atom stereocenters. The van der Waals surface area contributed by atoms with Crippen LogP contribution in [0.15, 0.2) is 30.3 Å². The Labute approximate surface area is 170 Å². The Morgan fingerprint density at radius 1 is 0.857 bits per heavy atom. The Bertz CT molecular complexity index is 1110. The summed E-state index contributed by atoms with van der Waals surface area (Å²) in [5, 5.41) is 8.30. The van der Waals surface area contributed by atoms with E-state index in [1.54, 1.807) is 33.5 Å². The highest BCUT2D eigenvalue weighted by atomic mass is 35.5. The highest BCUT2D eigenvalue weighted by Crippen LogP contribution is 2.41. The number of imidazole rings is 1. The molecule has 0 aliphatic carbocycles. The van der Waals surface area contributed by atoms with Crippen LogP contribution in [0.4, 0.5) is 0 Å². The van der Waals surface area contributed by atoms with Crippen LogP contribution in [0, 0.1) is 0 Å². The fourth-order valence-electron chi connectivity index (χ4n) is 2.95. The van der Waals surface area contributed by atoms with Gasteiger partial charge in [-0.1, -0.05) is 23.2 Å². The Balaban J connectivity index is 1.76. The minimum absolute atomic E-state index is 0.454. The second-order valence-electron chi connectivity index (χ2n) is 5.95. The van der Waals surface area contributed by atoms with E-state index in [-0.39, 0.29) is 0 Å². The van der Waals surface area contributed by atoms with Gasteiger partial charge in [-0.3, -0.25) is 5.10 Å². The van der Waals surface area contributed by atoms with Gasteiger partial charge in [-0.05, 0) is 30.3 Å². The van der Waals surface area contributed by atoms with Gasteiger partial charge in [0, 0.05) is 5.56 Å². The first-order chi connectivity index (χ1) is 13.5. The minimum Gasteiger partial charge on any atom is -0.493 e. The van der Waals surface area contributed by atoms with Crippen molar-refractivity contribution in [3.05, 3.63) is 40.4 Å². The number of hydrogen-bond acceptors (Lipinski definition) is 5. The predicted molar refractivity (Wildman–Crippen MR) is 109 cm³/mol. The quantitative estimate of drug-likeness (QED) is 0.478. The molecule has 28 heavy (non-hydrogen) atoms. The van der Waals surface area contributed by atoms with Gasteiger partial charge in [-0.15, -0.1) is 0 Å². The number of nitrogens with zero attached hydrogens (tertiary/aromatic N) is 2. The molecule has 0 amide bonds. The Morgan fingerprint density at radius 2 is 1.54 bits per heavy atom. The van der Waals surface area contributed by atoms with E-state index in [1.165, 1.54) is 0 Å². The van der Waals surface area contributed by atoms with Crippen molar-refractivity contribution in [3.63, 3.8) is 0 Å². The van der Waals surface area contributed by atoms with Crippen molar-refractivity contribution in [1.29, 1.82) is 0 Å². The third-order valence-electron chi connectivity index (χ3n) is 4.32.